The second-order valence-corrected chi connectivity index (χ2v) is 7.78. The smallest absolute Gasteiger partial charge is 0.234 e. The fraction of sp³-hybridized carbons (Fsp3) is 0.211. The maximum Gasteiger partial charge on any atom is 0.234 e. The zero-order chi connectivity index (χ0) is 21.0. The predicted octanol–water partition coefficient (Wildman–Crippen LogP) is 5.13. The number of anilines is 1. The Morgan fingerprint density at radius 2 is 1.97 bits per heavy atom. The van der Waals surface area contributed by atoms with E-state index in [9.17, 15) is 9.18 Å². The Morgan fingerprint density at radius 3 is 2.69 bits per heavy atom. The second-order valence-electron chi connectivity index (χ2n) is 6.05. The van der Waals surface area contributed by atoms with Crippen LogP contribution in [0.25, 0.3) is 0 Å². The van der Waals surface area contributed by atoms with Gasteiger partial charge in [0.2, 0.25) is 5.91 Å². The van der Waals surface area contributed by atoms with E-state index in [1.807, 2.05) is 6.92 Å². The fourth-order valence-corrected chi connectivity index (χ4v) is 3.56. The lowest BCUT2D eigenvalue weighted by Gasteiger charge is -2.14. The molecule has 0 spiro atoms. The second kappa shape index (κ2) is 9.47. The van der Waals surface area contributed by atoms with Gasteiger partial charge in [0.05, 0.1) is 21.5 Å². The average molecular weight is 455 g/mol. The molecule has 1 amide bonds. The van der Waals surface area contributed by atoms with Crippen molar-refractivity contribution in [3.8, 4) is 5.75 Å². The van der Waals surface area contributed by atoms with Crippen LogP contribution in [0.1, 0.15) is 18.9 Å². The molecule has 0 bridgehead atoms. The van der Waals surface area contributed by atoms with Crippen molar-refractivity contribution in [1.82, 2.24) is 14.8 Å². The molecule has 0 saturated carbocycles. The third-order valence-electron chi connectivity index (χ3n) is 3.92. The van der Waals surface area contributed by atoms with Gasteiger partial charge in [-0.1, -0.05) is 41.0 Å². The number of thioether (sulfide) groups is 1. The molecule has 2 aromatic carbocycles. The van der Waals surface area contributed by atoms with Gasteiger partial charge in [-0.3, -0.25) is 4.79 Å². The fourth-order valence-electron chi connectivity index (χ4n) is 2.49. The molecule has 1 unspecified atom stereocenters. The molecule has 0 saturated heterocycles. The molecule has 29 heavy (non-hydrogen) atoms. The first kappa shape index (κ1) is 21.4. The van der Waals surface area contributed by atoms with Gasteiger partial charge >= 0.3 is 0 Å². The van der Waals surface area contributed by atoms with Crippen LogP contribution in [0.5, 0.6) is 5.75 Å². The standard InChI is InChI=1S/C19H17Cl2FN4O2S/c1-11(28-13-8-6-12(22)7-9-13)18-24-25-19(26(18)2)29-10-16(27)23-15-5-3-4-14(20)17(15)21/h3-9,11H,10H2,1-2H3,(H,23,27). The van der Waals surface area contributed by atoms with Crippen molar-refractivity contribution in [2.75, 3.05) is 11.1 Å². The number of benzene rings is 2. The largest absolute Gasteiger partial charge is 0.483 e. The van der Waals surface area contributed by atoms with Gasteiger partial charge in [0, 0.05) is 7.05 Å². The summed E-state index contributed by atoms with van der Waals surface area (Å²) in [6.07, 6.45) is -0.411. The van der Waals surface area contributed by atoms with E-state index >= 15 is 0 Å². The van der Waals surface area contributed by atoms with Gasteiger partial charge < -0.3 is 14.6 Å². The van der Waals surface area contributed by atoms with Crippen LogP contribution in [0.4, 0.5) is 10.1 Å². The van der Waals surface area contributed by atoms with Crippen LogP contribution in [0.15, 0.2) is 47.6 Å². The highest BCUT2D eigenvalue weighted by Crippen LogP contribution is 2.30. The molecule has 1 N–H and O–H groups in total. The molecule has 3 aromatic rings. The van der Waals surface area contributed by atoms with Gasteiger partial charge in [0.15, 0.2) is 17.1 Å². The average Bonchev–Trinajstić information content (AvgIpc) is 3.06. The lowest BCUT2D eigenvalue weighted by atomic mass is 10.3. The minimum atomic E-state index is -0.411. The summed E-state index contributed by atoms with van der Waals surface area (Å²) in [5.74, 6) is 0.630. The summed E-state index contributed by atoms with van der Waals surface area (Å²) in [5, 5.41) is 12.2. The van der Waals surface area contributed by atoms with Crippen LogP contribution < -0.4 is 10.1 Å². The van der Waals surface area contributed by atoms with Crippen molar-refractivity contribution in [2.24, 2.45) is 7.05 Å². The van der Waals surface area contributed by atoms with Gasteiger partial charge in [-0.05, 0) is 43.3 Å². The summed E-state index contributed by atoms with van der Waals surface area (Å²) in [5.41, 5.74) is 0.449. The highest BCUT2D eigenvalue weighted by molar-refractivity contribution is 7.99. The monoisotopic (exact) mass is 454 g/mol. The van der Waals surface area contributed by atoms with Crippen LogP contribution in [0.2, 0.25) is 10.0 Å². The van der Waals surface area contributed by atoms with E-state index in [1.165, 1.54) is 23.9 Å². The maximum absolute atomic E-state index is 13.0. The normalized spacial score (nSPS) is 11.9. The van der Waals surface area contributed by atoms with Gasteiger partial charge in [-0.15, -0.1) is 10.2 Å². The predicted molar refractivity (Wildman–Crippen MR) is 112 cm³/mol. The van der Waals surface area contributed by atoms with E-state index in [0.29, 0.717) is 32.5 Å². The SMILES string of the molecule is CC(Oc1ccc(F)cc1)c1nnc(SCC(=O)Nc2cccc(Cl)c2Cl)n1C. The third kappa shape index (κ3) is 5.41. The lowest BCUT2D eigenvalue weighted by Crippen LogP contribution is -2.15. The molecule has 0 aliphatic carbocycles. The lowest BCUT2D eigenvalue weighted by molar-refractivity contribution is -0.113. The topological polar surface area (TPSA) is 69.0 Å². The number of nitrogens with zero attached hydrogens (tertiary/aromatic N) is 3. The first-order valence-corrected chi connectivity index (χ1v) is 10.3. The molecule has 3 rings (SSSR count). The van der Waals surface area contributed by atoms with Gasteiger partial charge in [0.1, 0.15) is 11.6 Å². The Balaban J connectivity index is 1.59. The van der Waals surface area contributed by atoms with E-state index in [4.69, 9.17) is 27.9 Å². The van der Waals surface area contributed by atoms with E-state index < -0.39 is 6.10 Å². The number of carbonyl (C=O) groups excluding carboxylic acids is 1. The molecule has 0 aliphatic rings. The number of rotatable bonds is 7. The Labute approximate surface area is 181 Å². The molecule has 1 atom stereocenters. The number of amides is 1. The molecular weight excluding hydrogens is 438 g/mol. The number of hydrogen-bond donors (Lipinski definition) is 1. The quantitative estimate of drug-likeness (QED) is 0.501. The van der Waals surface area contributed by atoms with Crippen molar-refractivity contribution in [3.63, 3.8) is 0 Å². The first-order chi connectivity index (χ1) is 13.8. The number of carbonyl (C=O) groups is 1. The van der Waals surface area contributed by atoms with Crippen LogP contribution in [0, 0.1) is 5.82 Å². The van der Waals surface area contributed by atoms with Crippen molar-refractivity contribution < 1.29 is 13.9 Å². The number of nitrogens with one attached hydrogen (secondary N) is 1. The Kier molecular flexibility index (Phi) is 7.00. The number of hydrogen-bond acceptors (Lipinski definition) is 5. The molecule has 152 valence electrons. The summed E-state index contributed by atoms with van der Waals surface area (Å²) < 4.78 is 20.5. The summed E-state index contributed by atoms with van der Waals surface area (Å²) >= 11 is 13.3. The highest BCUT2D eigenvalue weighted by atomic mass is 35.5. The first-order valence-electron chi connectivity index (χ1n) is 8.53. The molecule has 0 aliphatic heterocycles. The minimum Gasteiger partial charge on any atom is -0.483 e. The van der Waals surface area contributed by atoms with Crippen molar-refractivity contribution in [3.05, 3.63) is 64.2 Å². The van der Waals surface area contributed by atoms with Gasteiger partial charge in [0.25, 0.3) is 0 Å². The number of aromatic nitrogens is 3. The summed E-state index contributed by atoms with van der Waals surface area (Å²) in [6, 6.07) is 10.8. The molecule has 1 heterocycles. The Morgan fingerprint density at radius 1 is 1.24 bits per heavy atom. The molecule has 10 heteroatoms. The van der Waals surface area contributed by atoms with Crippen molar-refractivity contribution in [1.29, 1.82) is 0 Å². The molecular formula is C19H17Cl2FN4O2S. The minimum absolute atomic E-state index is 0.113. The van der Waals surface area contributed by atoms with Crippen LogP contribution in [-0.4, -0.2) is 26.4 Å². The van der Waals surface area contributed by atoms with Crippen molar-refractivity contribution >= 4 is 46.6 Å². The number of halogens is 3. The van der Waals surface area contributed by atoms with Crippen LogP contribution in [0.3, 0.4) is 0 Å². The van der Waals surface area contributed by atoms with Gasteiger partial charge in [-0.25, -0.2) is 4.39 Å². The Bertz CT molecular complexity index is 1010. The van der Waals surface area contributed by atoms with Gasteiger partial charge in [-0.2, -0.15) is 0 Å². The van der Waals surface area contributed by atoms with E-state index in [2.05, 4.69) is 15.5 Å². The van der Waals surface area contributed by atoms with E-state index in [0.717, 1.165) is 0 Å². The third-order valence-corrected chi connectivity index (χ3v) is 5.76. The summed E-state index contributed by atoms with van der Waals surface area (Å²) in [7, 11) is 1.79. The molecule has 0 radical (unpaired) electrons. The molecule has 6 nitrogen and oxygen atoms in total. The molecule has 0 fully saturated rings. The highest BCUT2D eigenvalue weighted by Gasteiger charge is 2.18. The summed E-state index contributed by atoms with van der Waals surface area (Å²) in [6.45, 7) is 1.82. The maximum atomic E-state index is 13.0. The van der Waals surface area contributed by atoms with E-state index in [-0.39, 0.29) is 17.5 Å². The van der Waals surface area contributed by atoms with Crippen LogP contribution in [-0.2, 0) is 11.8 Å². The van der Waals surface area contributed by atoms with Crippen LogP contribution >= 0.6 is 35.0 Å². The number of ether oxygens (including phenoxy) is 1. The zero-order valence-electron chi connectivity index (χ0n) is 15.5. The van der Waals surface area contributed by atoms with E-state index in [1.54, 1.807) is 41.9 Å². The molecule has 1 aromatic heterocycles. The zero-order valence-corrected chi connectivity index (χ0v) is 17.9. The summed E-state index contributed by atoms with van der Waals surface area (Å²) in [4.78, 5) is 12.2. The Hall–Kier alpha value is -2.29. The van der Waals surface area contributed by atoms with Crippen molar-refractivity contribution in [2.45, 2.75) is 18.2 Å².